The molecule has 0 spiro atoms. The summed E-state index contributed by atoms with van der Waals surface area (Å²) < 4.78 is 30.9. The molecule has 0 fully saturated rings. The number of nitrogens with zero attached hydrogens (tertiary/aromatic N) is 2. The highest BCUT2D eigenvalue weighted by atomic mass is 32.2. The molecule has 4 aromatic rings. The molecule has 0 saturated carbocycles. The van der Waals surface area contributed by atoms with Crippen molar-refractivity contribution in [1.29, 1.82) is 0 Å². The Hall–Kier alpha value is -3.98. The molecule has 43 heavy (non-hydrogen) atoms. The topological polar surface area (TPSA) is 110 Å². The predicted octanol–water partition coefficient (Wildman–Crippen LogP) is 6.20. The number of hydrogen-bond acceptors (Lipinski definition) is 6. The number of sulfonamides is 1. The molecule has 9 heteroatoms. The van der Waals surface area contributed by atoms with Crippen LogP contribution in [0.4, 0.5) is 5.69 Å². The molecule has 0 saturated heterocycles. The highest BCUT2D eigenvalue weighted by molar-refractivity contribution is 7.90. The molecular formula is C34H40N4O4S. The van der Waals surface area contributed by atoms with E-state index in [9.17, 15) is 18.0 Å². The van der Waals surface area contributed by atoms with Crippen LogP contribution in [-0.2, 0) is 34.2 Å². The summed E-state index contributed by atoms with van der Waals surface area (Å²) in [6.07, 6.45) is 6.62. The molecule has 0 aliphatic carbocycles. The van der Waals surface area contributed by atoms with E-state index in [2.05, 4.69) is 23.9 Å². The maximum absolute atomic E-state index is 13.8. The number of benzene rings is 3. The molecule has 8 nitrogen and oxygen atoms in total. The number of carbonyl (C=O) groups is 1. The molecule has 1 aromatic heterocycles. The third-order valence-electron chi connectivity index (χ3n) is 7.89. The van der Waals surface area contributed by atoms with Crippen LogP contribution in [0.15, 0.2) is 70.4 Å². The SMILES string of the molecule is CCCc1ccc2c(c1)-c1ccc(cc1)Cn1c(CCC)nc3ccc(cc3c1=O)NCCCCCCC(=O)NS2(=O)=O. The highest BCUT2D eigenvalue weighted by Crippen LogP contribution is 2.30. The van der Waals surface area contributed by atoms with Gasteiger partial charge in [0.25, 0.3) is 15.6 Å². The van der Waals surface area contributed by atoms with Gasteiger partial charge in [-0.15, -0.1) is 0 Å². The Morgan fingerprint density at radius 3 is 2.40 bits per heavy atom. The highest BCUT2D eigenvalue weighted by Gasteiger charge is 2.22. The van der Waals surface area contributed by atoms with Crippen molar-refractivity contribution >= 4 is 32.5 Å². The molecule has 3 heterocycles. The first kappa shape index (κ1) is 30.5. The molecular weight excluding hydrogens is 560 g/mol. The Labute approximate surface area is 253 Å². The molecule has 1 amide bonds. The molecule has 0 unspecified atom stereocenters. The fraction of sp³-hybridized carbons (Fsp3) is 0.382. The van der Waals surface area contributed by atoms with Crippen LogP contribution >= 0.6 is 0 Å². The van der Waals surface area contributed by atoms with Gasteiger partial charge in [-0.2, -0.15) is 0 Å². The van der Waals surface area contributed by atoms with Crippen LogP contribution in [0.1, 0.15) is 75.7 Å². The molecule has 2 N–H and O–H groups in total. The van der Waals surface area contributed by atoms with Crippen LogP contribution in [0.2, 0.25) is 0 Å². The summed E-state index contributed by atoms with van der Waals surface area (Å²) in [5.74, 6) is 0.256. The van der Waals surface area contributed by atoms with E-state index in [-0.39, 0.29) is 16.9 Å². The van der Waals surface area contributed by atoms with E-state index in [0.717, 1.165) is 73.3 Å². The summed E-state index contributed by atoms with van der Waals surface area (Å²) in [6.45, 7) is 5.23. The summed E-state index contributed by atoms with van der Waals surface area (Å²) in [7, 11) is -4.07. The average molecular weight is 601 g/mol. The summed E-state index contributed by atoms with van der Waals surface area (Å²) in [5.41, 5.74) is 4.71. The second-order valence-corrected chi connectivity index (χ2v) is 12.9. The van der Waals surface area contributed by atoms with Gasteiger partial charge in [0.05, 0.1) is 22.3 Å². The molecule has 5 bridgehead atoms. The van der Waals surface area contributed by atoms with Crippen molar-refractivity contribution in [1.82, 2.24) is 14.3 Å². The summed E-state index contributed by atoms with van der Waals surface area (Å²) in [4.78, 5) is 31.4. The zero-order valence-corrected chi connectivity index (χ0v) is 25.8. The first-order valence-corrected chi connectivity index (χ1v) is 16.8. The fourth-order valence-electron chi connectivity index (χ4n) is 5.66. The van der Waals surface area contributed by atoms with Gasteiger partial charge in [-0.1, -0.05) is 63.4 Å². The Balaban J connectivity index is 1.59. The molecule has 2 aliphatic heterocycles. The minimum Gasteiger partial charge on any atom is -0.385 e. The fourth-order valence-corrected chi connectivity index (χ4v) is 6.89. The molecule has 3 aromatic carbocycles. The second-order valence-electron chi connectivity index (χ2n) is 11.3. The zero-order chi connectivity index (χ0) is 30.4. The van der Waals surface area contributed by atoms with Gasteiger partial charge in [-0.05, 0) is 72.7 Å². The summed E-state index contributed by atoms with van der Waals surface area (Å²) >= 11 is 0. The lowest BCUT2D eigenvalue weighted by Crippen LogP contribution is -2.30. The minimum atomic E-state index is -4.07. The van der Waals surface area contributed by atoms with Crippen molar-refractivity contribution in [2.45, 2.75) is 83.1 Å². The number of anilines is 1. The number of nitrogens with one attached hydrogen (secondary N) is 2. The van der Waals surface area contributed by atoms with Crippen molar-refractivity contribution in [3.8, 4) is 11.1 Å². The van der Waals surface area contributed by atoms with Crippen LogP contribution in [0.5, 0.6) is 0 Å². The average Bonchev–Trinajstić information content (AvgIpc) is 2.98. The monoisotopic (exact) mass is 600 g/mol. The van der Waals surface area contributed by atoms with Gasteiger partial charge in [0.1, 0.15) is 5.82 Å². The van der Waals surface area contributed by atoms with Crippen molar-refractivity contribution in [2.24, 2.45) is 0 Å². The number of carbonyl (C=O) groups excluding carboxylic acids is 1. The number of amides is 1. The Bertz CT molecular complexity index is 1780. The summed E-state index contributed by atoms with van der Waals surface area (Å²) in [5, 5.41) is 3.98. The maximum Gasteiger partial charge on any atom is 0.264 e. The quantitative estimate of drug-likeness (QED) is 0.289. The zero-order valence-electron chi connectivity index (χ0n) is 25.0. The van der Waals surface area contributed by atoms with Crippen LogP contribution in [-0.4, -0.2) is 30.4 Å². The third kappa shape index (κ3) is 7.16. The lowest BCUT2D eigenvalue weighted by atomic mass is 10.00. The lowest BCUT2D eigenvalue weighted by molar-refractivity contribution is -0.119. The standard InChI is InChI=1S/C34H40N4O4S/c1-3-9-24-14-19-31-28(21-24)26-15-12-25(13-16-26)23-38-32(10-4-2)36-30-18-17-27(22-29(30)34(38)40)35-20-8-6-5-7-11-33(39)37-43(31,41)42/h12-19,21-22,35H,3-11,20,23H2,1-2H3,(H,37,39). The van der Waals surface area contributed by atoms with E-state index in [1.807, 2.05) is 54.6 Å². The molecule has 2 aliphatic rings. The Morgan fingerprint density at radius 2 is 1.63 bits per heavy atom. The van der Waals surface area contributed by atoms with E-state index >= 15 is 0 Å². The van der Waals surface area contributed by atoms with Gasteiger partial charge >= 0.3 is 0 Å². The molecule has 0 radical (unpaired) electrons. The summed E-state index contributed by atoms with van der Waals surface area (Å²) in [6, 6.07) is 18.7. The van der Waals surface area contributed by atoms with Gasteiger partial charge < -0.3 is 5.32 Å². The van der Waals surface area contributed by atoms with Gasteiger partial charge in [0, 0.05) is 30.6 Å². The first-order chi connectivity index (χ1) is 20.8. The van der Waals surface area contributed by atoms with E-state index in [4.69, 9.17) is 4.98 Å². The normalized spacial score (nSPS) is 15.8. The smallest absolute Gasteiger partial charge is 0.264 e. The van der Waals surface area contributed by atoms with E-state index < -0.39 is 15.9 Å². The Morgan fingerprint density at radius 1 is 0.860 bits per heavy atom. The Kier molecular flexibility index (Phi) is 9.60. The number of aromatic nitrogens is 2. The van der Waals surface area contributed by atoms with E-state index in [0.29, 0.717) is 35.9 Å². The van der Waals surface area contributed by atoms with Crippen LogP contribution < -0.4 is 15.6 Å². The van der Waals surface area contributed by atoms with Gasteiger partial charge in [0.15, 0.2) is 0 Å². The lowest BCUT2D eigenvalue weighted by Gasteiger charge is -2.16. The molecule has 226 valence electrons. The van der Waals surface area contributed by atoms with E-state index in [1.54, 1.807) is 10.6 Å². The van der Waals surface area contributed by atoms with Crippen molar-refractivity contribution in [3.05, 3.63) is 88.0 Å². The van der Waals surface area contributed by atoms with E-state index in [1.165, 1.54) is 0 Å². The number of aryl methyl sites for hydroxylation is 2. The predicted molar refractivity (Wildman–Crippen MR) is 172 cm³/mol. The molecule has 0 atom stereocenters. The maximum atomic E-state index is 13.8. The van der Waals surface area contributed by atoms with Gasteiger partial charge in [0.2, 0.25) is 5.91 Å². The van der Waals surface area contributed by atoms with Gasteiger partial charge in [-0.3, -0.25) is 14.2 Å². The largest absolute Gasteiger partial charge is 0.385 e. The van der Waals surface area contributed by atoms with Gasteiger partial charge in [-0.25, -0.2) is 18.1 Å². The number of hydrogen-bond donors (Lipinski definition) is 2. The van der Waals surface area contributed by atoms with Crippen molar-refractivity contribution in [2.75, 3.05) is 11.9 Å². The van der Waals surface area contributed by atoms with Crippen LogP contribution in [0.25, 0.3) is 22.0 Å². The van der Waals surface area contributed by atoms with Crippen molar-refractivity contribution < 1.29 is 13.2 Å². The van der Waals surface area contributed by atoms with Crippen LogP contribution in [0.3, 0.4) is 0 Å². The van der Waals surface area contributed by atoms with Crippen LogP contribution in [0, 0.1) is 0 Å². The number of rotatable bonds is 4. The van der Waals surface area contributed by atoms with Crippen molar-refractivity contribution in [3.63, 3.8) is 0 Å². The molecule has 6 rings (SSSR count). The third-order valence-corrected chi connectivity index (χ3v) is 9.32. The minimum absolute atomic E-state index is 0.0697. The first-order valence-electron chi connectivity index (χ1n) is 15.3. The second kappa shape index (κ2) is 13.5. The number of fused-ring (bicyclic) bond motifs is 11.